The molecule has 1 amide bonds. The van der Waals surface area contributed by atoms with Crippen molar-refractivity contribution in [3.8, 4) is 0 Å². The number of aliphatic hydroxyl groups excluding tert-OH is 1. The monoisotopic (exact) mass is 188 g/mol. The summed E-state index contributed by atoms with van der Waals surface area (Å²) >= 11 is 0. The molecular formula is C9H20N2O2. The Balaban J connectivity index is 3.74. The van der Waals surface area contributed by atoms with Crippen molar-refractivity contribution in [2.24, 2.45) is 17.6 Å². The topological polar surface area (TPSA) is 75.3 Å². The minimum absolute atomic E-state index is 0.0806. The van der Waals surface area contributed by atoms with E-state index >= 15 is 0 Å². The Labute approximate surface area is 79.5 Å². The highest BCUT2D eigenvalue weighted by Crippen LogP contribution is 1.98. The third-order valence-electron chi connectivity index (χ3n) is 1.96. The van der Waals surface area contributed by atoms with Crippen LogP contribution >= 0.6 is 0 Å². The molecule has 0 saturated carbocycles. The predicted octanol–water partition coefficient (Wildman–Crippen LogP) is -0.286. The van der Waals surface area contributed by atoms with Crippen molar-refractivity contribution in [3.05, 3.63) is 0 Å². The zero-order valence-electron chi connectivity index (χ0n) is 8.58. The van der Waals surface area contributed by atoms with Crippen LogP contribution in [-0.2, 0) is 4.79 Å². The molecule has 0 heterocycles. The zero-order valence-corrected chi connectivity index (χ0v) is 8.58. The molecule has 0 rings (SSSR count). The van der Waals surface area contributed by atoms with Gasteiger partial charge in [-0.15, -0.1) is 0 Å². The molecule has 1 unspecified atom stereocenters. The van der Waals surface area contributed by atoms with Gasteiger partial charge in [-0.3, -0.25) is 4.79 Å². The van der Waals surface area contributed by atoms with E-state index < -0.39 is 6.04 Å². The number of hydrogen-bond donors (Lipinski definition) is 3. The van der Waals surface area contributed by atoms with E-state index in [9.17, 15) is 4.79 Å². The lowest BCUT2D eigenvalue weighted by Gasteiger charge is -2.16. The van der Waals surface area contributed by atoms with Crippen LogP contribution in [0, 0.1) is 11.8 Å². The van der Waals surface area contributed by atoms with Crippen LogP contribution < -0.4 is 11.1 Å². The number of hydrogen-bond acceptors (Lipinski definition) is 3. The minimum atomic E-state index is -0.453. The average molecular weight is 188 g/mol. The standard InChI is InChI=1S/C9H20N2O2/c1-6(2)8(10)9(13)11-4-7(3)5-12/h6-8,12H,4-5,10H2,1-3H3,(H,11,13)/t7?,8-/m0/s1. The Morgan fingerprint density at radius 3 is 2.38 bits per heavy atom. The third kappa shape index (κ3) is 4.85. The van der Waals surface area contributed by atoms with Gasteiger partial charge in [-0.05, 0) is 11.8 Å². The zero-order chi connectivity index (χ0) is 10.4. The second kappa shape index (κ2) is 5.94. The van der Waals surface area contributed by atoms with Crippen molar-refractivity contribution in [1.82, 2.24) is 5.32 Å². The number of carbonyl (C=O) groups excluding carboxylic acids is 1. The van der Waals surface area contributed by atoms with Gasteiger partial charge < -0.3 is 16.2 Å². The summed E-state index contributed by atoms with van der Waals surface area (Å²) in [5.74, 6) is 0.0862. The molecule has 0 aliphatic rings. The summed E-state index contributed by atoms with van der Waals surface area (Å²) in [7, 11) is 0. The van der Waals surface area contributed by atoms with Crippen molar-refractivity contribution < 1.29 is 9.90 Å². The second-order valence-electron chi connectivity index (χ2n) is 3.80. The summed E-state index contributed by atoms with van der Waals surface area (Å²) in [5.41, 5.74) is 5.61. The Morgan fingerprint density at radius 2 is 2.00 bits per heavy atom. The van der Waals surface area contributed by atoms with Crippen LogP contribution in [0.2, 0.25) is 0 Å². The van der Waals surface area contributed by atoms with Gasteiger partial charge in [0, 0.05) is 13.2 Å². The maximum Gasteiger partial charge on any atom is 0.237 e. The summed E-state index contributed by atoms with van der Waals surface area (Å²) in [5, 5.41) is 11.4. The quantitative estimate of drug-likeness (QED) is 0.555. The second-order valence-corrected chi connectivity index (χ2v) is 3.80. The van der Waals surface area contributed by atoms with E-state index in [1.54, 1.807) is 0 Å². The molecule has 0 fully saturated rings. The molecule has 0 aromatic heterocycles. The summed E-state index contributed by atoms with van der Waals surface area (Å²) < 4.78 is 0. The number of amides is 1. The molecule has 0 aliphatic carbocycles. The largest absolute Gasteiger partial charge is 0.396 e. The van der Waals surface area contributed by atoms with E-state index in [0.29, 0.717) is 6.54 Å². The molecule has 0 spiro atoms. The number of carbonyl (C=O) groups is 1. The molecular weight excluding hydrogens is 168 g/mol. The van der Waals surface area contributed by atoms with E-state index in [2.05, 4.69) is 5.32 Å². The highest BCUT2D eigenvalue weighted by atomic mass is 16.3. The highest BCUT2D eigenvalue weighted by Gasteiger charge is 2.16. The van der Waals surface area contributed by atoms with E-state index in [0.717, 1.165) is 0 Å². The summed E-state index contributed by atoms with van der Waals surface area (Å²) in [6, 6.07) is -0.453. The lowest BCUT2D eigenvalue weighted by Crippen LogP contribution is -2.45. The molecule has 0 aliphatic heterocycles. The molecule has 2 atom stereocenters. The van der Waals surface area contributed by atoms with Gasteiger partial charge in [0.05, 0.1) is 6.04 Å². The number of nitrogens with two attached hydrogens (primary N) is 1. The van der Waals surface area contributed by atoms with Gasteiger partial charge in [-0.1, -0.05) is 20.8 Å². The number of rotatable bonds is 5. The van der Waals surface area contributed by atoms with Crippen LogP contribution in [0.3, 0.4) is 0 Å². The van der Waals surface area contributed by atoms with Gasteiger partial charge in [0.25, 0.3) is 0 Å². The lowest BCUT2D eigenvalue weighted by atomic mass is 10.0. The number of aliphatic hydroxyl groups is 1. The maximum absolute atomic E-state index is 11.3. The third-order valence-corrected chi connectivity index (χ3v) is 1.96. The van der Waals surface area contributed by atoms with E-state index in [-0.39, 0.29) is 24.3 Å². The maximum atomic E-state index is 11.3. The van der Waals surface area contributed by atoms with Crippen LogP contribution in [0.25, 0.3) is 0 Å². The molecule has 4 nitrogen and oxygen atoms in total. The Morgan fingerprint density at radius 1 is 1.46 bits per heavy atom. The average Bonchev–Trinajstić information content (AvgIpc) is 2.11. The van der Waals surface area contributed by atoms with Crippen LogP contribution in [0.1, 0.15) is 20.8 Å². The molecule has 78 valence electrons. The normalized spacial score (nSPS) is 15.5. The molecule has 0 aromatic carbocycles. The fraction of sp³-hybridized carbons (Fsp3) is 0.889. The van der Waals surface area contributed by atoms with Gasteiger partial charge in [0.2, 0.25) is 5.91 Å². The predicted molar refractivity (Wildman–Crippen MR) is 52.1 cm³/mol. The SMILES string of the molecule is CC(CO)CNC(=O)[C@@H](N)C(C)C. The van der Waals surface area contributed by atoms with E-state index in [4.69, 9.17) is 10.8 Å². The Kier molecular flexibility index (Phi) is 5.66. The van der Waals surface area contributed by atoms with Gasteiger partial charge in [-0.25, -0.2) is 0 Å². The van der Waals surface area contributed by atoms with Crippen molar-refractivity contribution in [1.29, 1.82) is 0 Å². The molecule has 0 radical (unpaired) electrons. The fourth-order valence-corrected chi connectivity index (χ4v) is 0.760. The van der Waals surface area contributed by atoms with Gasteiger partial charge in [-0.2, -0.15) is 0 Å². The summed E-state index contributed by atoms with van der Waals surface area (Å²) in [6.07, 6.45) is 0. The van der Waals surface area contributed by atoms with Gasteiger partial charge >= 0.3 is 0 Å². The van der Waals surface area contributed by atoms with Crippen molar-refractivity contribution in [2.45, 2.75) is 26.8 Å². The molecule has 0 aromatic rings. The summed E-state index contributed by atoms with van der Waals surface area (Å²) in [4.78, 5) is 11.3. The number of nitrogens with one attached hydrogen (secondary N) is 1. The first-order chi connectivity index (χ1) is 5.99. The van der Waals surface area contributed by atoms with Crippen LogP contribution in [0.15, 0.2) is 0 Å². The Hall–Kier alpha value is -0.610. The van der Waals surface area contributed by atoms with Crippen molar-refractivity contribution in [2.75, 3.05) is 13.2 Å². The van der Waals surface area contributed by atoms with Gasteiger partial charge in [0.1, 0.15) is 0 Å². The first kappa shape index (κ1) is 12.4. The molecule has 4 heteroatoms. The summed E-state index contributed by atoms with van der Waals surface area (Å²) in [6.45, 7) is 6.23. The lowest BCUT2D eigenvalue weighted by molar-refractivity contribution is -0.123. The van der Waals surface area contributed by atoms with E-state index in [1.807, 2.05) is 20.8 Å². The molecule has 0 bridgehead atoms. The molecule has 13 heavy (non-hydrogen) atoms. The first-order valence-electron chi connectivity index (χ1n) is 4.63. The fourth-order valence-electron chi connectivity index (χ4n) is 0.760. The van der Waals surface area contributed by atoms with Gasteiger partial charge in [0.15, 0.2) is 0 Å². The van der Waals surface area contributed by atoms with Crippen molar-refractivity contribution in [3.63, 3.8) is 0 Å². The van der Waals surface area contributed by atoms with Crippen LogP contribution in [0.4, 0.5) is 0 Å². The highest BCUT2D eigenvalue weighted by molar-refractivity contribution is 5.81. The molecule has 4 N–H and O–H groups in total. The molecule has 0 saturated heterocycles. The Bertz CT molecular complexity index is 160. The smallest absolute Gasteiger partial charge is 0.237 e. The van der Waals surface area contributed by atoms with E-state index in [1.165, 1.54) is 0 Å². The first-order valence-corrected chi connectivity index (χ1v) is 4.63. The minimum Gasteiger partial charge on any atom is -0.396 e. The van der Waals surface area contributed by atoms with Crippen molar-refractivity contribution >= 4 is 5.91 Å². The van der Waals surface area contributed by atoms with Crippen LogP contribution in [0.5, 0.6) is 0 Å². The van der Waals surface area contributed by atoms with Crippen LogP contribution in [-0.4, -0.2) is 30.2 Å².